The van der Waals surface area contributed by atoms with Crippen LogP contribution in [0.15, 0.2) is 48.7 Å². The van der Waals surface area contributed by atoms with Crippen LogP contribution >= 0.6 is 11.6 Å². The molecule has 10 nitrogen and oxygen atoms in total. The Kier molecular flexibility index (Phi) is 9.43. The summed E-state index contributed by atoms with van der Waals surface area (Å²) in [5, 5.41) is 15.6. The highest BCUT2D eigenvalue weighted by Gasteiger charge is 2.34. The molecule has 33 heavy (non-hydrogen) atoms. The van der Waals surface area contributed by atoms with Gasteiger partial charge in [-0.15, -0.1) is 0 Å². The predicted molar refractivity (Wildman–Crippen MR) is 119 cm³/mol. The molecule has 1 aromatic heterocycles. The van der Waals surface area contributed by atoms with Crippen LogP contribution in [0.3, 0.4) is 0 Å². The first-order chi connectivity index (χ1) is 15.6. The van der Waals surface area contributed by atoms with Gasteiger partial charge in [0.15, 0.2) is 12.1 Å². The van der Waals surface area contributed by atoms with Crippen molar-refractivity contribution in [2.24, 2.45) is 0 Å². The lowest BCUT2D eigenvalue weighted by Gasteiger charge is -2.24. The molecule has 11 heteroatoms. The van der Waals surface area contributed by atoms with E-state index in [9.17, 15) is 19.5 Å². The topological polar surface area (TPSA) is 136 Å². The summed E-state index contributed by atoms with van der Waals surface area (Å²) >= 11 is 5.48. The maximum absolute atomic E-state index is 12.4. The lowest BCUT2D eigenvalue weighted by atomic mass is 10.0. The van der Waals surface area contributed by atoms with Gasteiger partial charge in [-0.1, -0.05) is 48.0 Å². The van der Waals surface area contributed by atoms with Crippen molar-refractivity contribution in [1.29, 1.82) is 0 Å². The number of alkyl halides is 1. The van der Waals surface area contributed by atoms with E-state index in [1.165, 1.54) is 18.3 Å². The summed E-state index contributed by atoms with van der Waals surface area (Å²) in [6, 6.07) is 9.69. The van der Waals surface area contributed by atoms with Crippen LogP contribution < -0.4 is 10.6 Å². The highest BCUT2D eigenvalue weighted by atomic mass is 35.5. The van der Waals surface area contributed by atoms with Crippen LogP contribution in [0.5, 0.6) is 0 Å². The molecule has 2 amide bonds. The Morgan fingerprint density at radius 2 is 1.76 bits per heavy atom. The lowest BCUT2D eigenvalue weighted by Crippen LogP contribution is -2.46. The highest BCUT2D eigenvalue weighted by molar-refractivity contribution is 6.17. The molecule has 2 atom stereocenters. The van der Waals surface area contributed by atoms with Crippen LogP contribution in [0.2, 0.25) is 0 Å². The van der Waals surface area contributed by atoms with E-state index in [-0.39, 0.29) is 18.0 Å². The third-order valence-corrected chi connectivity index (χ3v) is 4.14. The number of rotatable bonds is 8. The molecular formula is C22H26ClN3O7. The molecule has 0 saturated heterocycles. The third kappa shape index (κ3) is 8.59. The molecule has 3 N–H and O–H groups in total. The number of hydrogen-bond donors (Lipinski definition) is 3. The number of benzene rings is 1. The number of hydrogen-bond acceptors (Lipinski definition) is 8. The fourth-order valence-corrected chi connectivity index (χ4v) is 2.75. The van der Waals surface area contributed by atoms with Gasteiger partial charge in [0.1, 0.15) is 24.1 Å². The maximum atomic E-state index is 12.4. The Hall–Kier alpha value is -3.37. The first-order valence-electron chi connectivity index (χ1n) is 9.93. The number of esters is 1. The second-order valence-electron chi connectivity index (χ2n) is 7.77. The number of amides is 2. The summed E-state index contributed by atoms with van der Waals surface area (Å²) in [5.41, 5.74) is -0.0126. The van der Waals surface area contributed by atoms with Gasteiger partial charge >= 0.3 is 18.2 Å². The minimum absolute atomic E-state index is 0.0308. The molecular weight excluding hydrogens is 454 g/mol. The summed E-state index contributed by atoms with van der Waals surface area (Å²) < 4.78 is 15.1. The number of aliphatic hydroxyl groups is 1. The van der Waals surface area contributed by atoms with Gasteiger partial charge in [0.05, 0.1) is 0 Å². The van der Waals surface area contributed by atoms with Crippen LogP contribution in [-0.2, 0) is 25.6 Å². The Labute approximate surface area is 196 Å². The van der Waals surface area contributed by atoms with E-state index in [0.29, 0.717) is 0 Å². The van der Waals surface area contributed by atoms with Gasteiger partial charge in [-0.2, -0.15) is 0 Å². The van der Waals surface area contributed by atoms with E-state index < -0.39 is 42.0 Å². The number of alkyl carbamates (subject to hydrolysis) is 1. The van der Waals surface area contributed by atoms with Gasteiger partial charge in [-0.25, -0.2) is 19.4 Å². The zero-order chi connectivity index (χ0) is 24.4. The number of carbonyl (C=O) groups is 3. The summed E-state index contributed by atoms with van der Waals surface area (Å²) in [6.07, 6.45) is -2.08. The van der Waals surface area contributed by atoms with E-state index in [1.807, 2.05) is 6.07 Å². The largest absolute Gasteiger partial charge is 0.448 e. The minimum Gasteiger partial charge on any atom is -0.448 e. The third-order valence-electron chi connectivity index (χ3n) is 4.03. The predicted octanol–water partition coefficient (Wildman–Crippen LogP) is 3.50. The van der Waals surface area contributed by atoms with Crippen molar-refractivity contribution in [3.63, 3.8) is 0 Å². The van der Waals surface area contributed by atoms with Crippen molar-refractivity contribution in [1.82, 2.24) is 10.3 Å². The van der Waals surface area contributed by atoms with Crippen molar-refractivity contribution in [2.45, 2.75) is 45.1 Å². The zero-order valence-corrected chi connectivity index (χ0v) is 19.2. The number of halogens is 1. The molecule has 0 bridgehead atoms. The number of ether oxygens (including phenoxy) is 3. The lowest BCUT2D eigenvalue weighted by molar-refractivity contribution is -0.147. The van der Waals surface area contributed by atoms with Crippen LogP contribution in [0, 0.1) is 0 Å². The number of aliphatic hydroxyl groups excluding tert-OH is 1. The Bertz CT molecular complexity index is 951. The zero-order valence-electron chi connectivity index (χ0n) is 18.4. The van der Waals surface area contributed by atoms with E-state index >= 15 is 0 Å². The van der Waals surface area contributed by atoms with Gasteiger partial charge in [-0.05, 0) is 32.4 Å². The average Bonchev–Trinajstić information content (AvgIpc) is 2.75. The van der Waals surface area contributed by atoms with E-state index in [1.54, 1.807) is 45.0 Å². The smallest absolute Gasteiger partial charge is 0.413 e. The van der Waals surface area contributed by atoms with Crippen molar-refractivity contribution >= 4 is 35.6 Å². The Morgan fingerprint density at radius 3 is 2.39 bits per heavy atom. The summed E-state index contributed by atoms with van der Waals surface area (Å²) in [7, 11) is 0. The highest BCUT2D eigenvalue weighted by Crippen LogP contribution is 2.25. The molecule has 1 aromatic carbocycles. The van der Waals surface area contributed by atoms with Crippen molar-refractivity contribution < 1.29 is 33.7 Å². The van der Waals surface area contributed by atoms with E-state index in [0.717, 1.165) is 5.56 Å². The maximum Gasteiger partial charge on any atom is 0.413 e. The SMILES string of the molecule is CC(C)(C)OC(=O)Nc1ncccc1C(O)C(NC(=O)OCc1ccccc1)C(=O)OCCl. The normalized spacial score (nSPS) is 12.8. The van der Waals surface area contributed by atoms with Gasteiger partial charge in [0.25, 0.3) is 0 Å². The minimum atomic E-state index is -1.66. The number of nitrogens with one attached hydrogen (secondary N) is 2. The van der Waals surface area contributed by atoms with Crippen molar-refractivity contribution in [3.05, 3.63) is 59.8 Å². The van der Waals surface area contributed by atoms with Gasteiger partial charge < -0.3 is 24.6 Å². The second-order valence-corrected chi connectivity index (χ2v) is 7.99. The van der Waals surface area contributed by atoms with Crippen LogP contribution in [0.1, 0.15) is 38.0 Å². The van der Waals surface area contributed by atoms with Crippen LogP contribution in [-0.4, -0.2) is 46.0 Å². The van der Waals surface area contributed by atoms with Gasteiger partial charge in [-0.3, -0.25) is 5.32 Å². The molecule has 0 saturated carbocycles. The Morgan fingerprint density at radius 1 is 1.06 bits per heavy atom. The molecule has 2 aromatic rings. The molecule has 0 spiro atoms. The number of nitrogens with zero attached hydrogens (tertiary/aromatic N) is 1. The monoisotopic (exact) mass is 479 g/mol. The molecule has 0 radical (unpaired) electrons. The van der Waals surface area contributed by atoms with Crippen molar-refractivity contribution in [3.8, 4) is 0 Å². The molecule has 0 aliphatic rings. The Balaban J connectivity index is 2.18. The first-order valence-corrected chi connectivity index (χ1v) is 10.5. The number of pyridine rings is 1. The van der Waals surface area contributed by atoms with Crippen molar-refractivity contribution in [2.75, 3.05) is 11.4 Å². The molecule has 0 fully saturated rings. The van der Waals surface area contributed by atoms with Crippen LogP contribution in [0.4, 0.5) is 15.4 Å². The fraction of sp³-hybridized carbons (Fsp3) is 0.364. The first kappa shape index (κ1) is 25.9. The molecule has 2 rings (SSSR count). The average molecular weight is 480 g/mol. The molecule has 1 heterocycles. The fourth-order valence-electron chi connectivity index (χ4n) is 2.64. The van der Waals surface area contributed by atoms with E-state index in [2.05, 4.69) is 15.6 Å². The van der Waals surface area contributed by atoms with E-state index in [4.69, 9.17) is 25.8 Å². The van der Waals surface area contributed by atoms with Gasteiger partial charge in [0.2, 0.25) is 0 Å². The molecule has 2 unspecified atom stereocenters. The quantitative estimate of drug-likeness (QED) is 0.297. The summed E-state index contributed by atoms with van der Waals surface area (Å²) in [6.45, 7) is 5.00. The molecule has 178 valence electrons. The van der Waals surface area contributed by atoms with Crippen LogP contribution in [0.25, 0.3) is 0 Å². The van der Waals surface area contributed by atoms with Gasteiger partial charge in [0, 0.05) is 11.8 Å². The molecule has 0 aliphatic carbocycles. The summed E-state index contributed by atoms with van der Waals surface area (Å²) in [5.74, 6) is -1.08. The molecule has 0 aliphatic heterocycles. The number of carbonyl (C=O) groups excluding carboxylic acids is 3. The standard InChI is InChI=1S/C22H26ClN3O7/c1-22(2,3)33-21(30)26-18-15(10-7-11-24-18)17(27)16(19(28)32-13-23)25-20(29)31-12-14-8-5-4-6-9-14/h4-11,16-17,27H,12-13H2,1-3H3,(H,25,29)(H,24,26,30). The number of aromatic nitrogens is 1. The number of anilines is 1. The summed E-state index contributed by atoms with van der Waals surface area (Å²) in [4.78, 5) is 40.9. The second kappa shape index (κ2) is 12.0.